The minimum atomic E-state index is -2.15. The molecule has 9 heteroatoms. The van der Waals surface area contributed by atoms with Crippen LogP contribution in [0.25, 0.3) is 0 Å². The maximum atomic E-state index is 14.2. The average Bonchev–Trinajstić information content (AvgIpc) is 2.47. The Morgan fingerprint density at radius 2 is 1.81 bits per heavy atom. The molecule has 0 radical (unpaired) electrons. The second-order valence-electron chi connectivity index (χ2n) is 6.43. The molecule has 0 aromatic heterocycles. The molecular formula is C17H24F3NO4S. The van der Waals surface area contributed by atoms with Crippen molar-refractivity contribution in [3.05, 3.63) is 35.4 Å². The van der Waals surface area contributed by atoms with Crippen LogP contribution in [0.2, 0.25) is 0 Å². The van der Waals surface area contributed by atoms with E-state index in [1.54, 1.807) is 27.7 Å². The van der Waals surface area contributed by atoms with Crippen LogP contribution in [0.15, 0.2) is 18.2 Å². The smallest absolute Gasteiger partial charge is 0.408 e. The van der Waals surface area contributed by atoms with Crippen LogP contribution in [0.5, 0.6) is 0 Å². The van der Waals surface area contributed by atoms with Gasteiger partial charge in [-0.1, -0.05) is 12.1 Å². The van der Waals surface area contributed by atoms with Crippen molar-refractivity contribution in [3.8, 4) is 0 Å². The summed E-state index contributed by atoms with van der Waals surface area (Å²) in [6, 6.07) is 3.09. The first kappa shape index (κ1) is 24.1. The van der Waals surface area contributed by atoms with Crippen LogP contribution < -0.4 is 5.32 Å². The number of benzene rings is 1. The van der Waals surface area contributed by atoms with Crippen LogP contribution in [0, 0.1) is 11.6 Å². The largest absolute Gasteiger partial charge is 0.466 e. The predicted molar refractivity (Wildman–Crippen MR) is 95.0 cm³/mol. The number of carbonyl (C=O) groups excluding carboxylic acids is 2. The van der Waals surface area contributed by atoms with Crippen molar-refractivity contribution in [2.24, 2.45) is 0 Å². The molecule has 0 aliphatic rings. The van der Waals surface area contributed by atoms with Crippen molar-refractivity contribution < 1.29 is 32.2 Å². The first-order valence-electron chi connectivity index (χ1n) is 7.72. The number of amides is 1. The van der Waals surface area contributed by atoms with Crippen molar-refractivity contribution in [2.75, 3.05) is 13.3 Å². The normalized spacial score (nSPS) is 13.2. The third-order valence-corrected chi connectivity index (χ3v) is 3.19. The van der Waals surface area contributed by atoms with Crippen LogP contribution in [-0.4, -0.2) is 30.9 Å². The molecule has 0 bridgehead atoms. The molecule has 0 aliphatic heterocycles. The highest BCUT2D eigenvalue weighted by atomic mass is 32.1. The number of carbonyl (C=O) groups is 2. The van der Waals surface area contributed by atoms with E-state index in [9.17, 15) is 22.8 Å². The van der Waals surface area contributed by atoms with Gasteiger partial charge >= 0.3 is 12.1 Å². The lowest BCUT2D eigenvalue weighted by Gasteiger charge is -2.33. The minimum absolute atomic E-state index is 0. The van der Waals surface area contributed by atoms with Gasteiger partial charge in [0.05, 0.1) is 13.0 Å². The summed E-state index contributed by atoms with van der Waals surface area (Å²) in [7, 11) is 0. The summed E-state index contributed by atoms with van der Waals surface area (Å²) in [6.45, 7) is 4.93. The van der Waals surface area contributed by atoms with Gasteiger partial charge in [-0.15, -0.1) is 0 Å². The third-order valence-electron chi connectivity index (χ3n) is 3.19. The number of hydrogen-bond donors (Lipinski definition) is 1. The summed E-state index contributed by atoms with van der Waals surface area (Å²) in [5.74, 6) is -3.47. The van der Waals surface area contributed by atoms with Crippen molar-refractivity contribution in [1.29, 1.82) is 0 Å². The van der Waals surface area contributed by atoms with Gasteiger partial charge < -0.3 is 14.8 Å². The Balaban J connectivity index is 0.00000625. The highest BCUT2D eigenvalue weighted by molar-refractivity contribution is 7.59. The Kier molecular flexibility index (Phi) is 8.99. The Morgan fingerprint density at radius 1 is 1.19 bits per heavy atom. The molecule has 0 heterocycles. The maximum Gasteiger partial charge on any atom is 0.408 e. The SMILES string of the molecule is CCOC(=O)C[C@](CF)(NC(=O)OC(C)(C)C)c1cccc(F)c1F.S. The van der Waals surface area contributed by atoms with Crippen LogP contribution in [0.1, 0.15) is 39.7 Å². The lowest BCUT2D eigenvalue weighted by Crippen LogP contribution is -2.51. The van der Waals surface area contributed by atoms with E-state index in [2.05, 4.69) is 5.32 Å². The molecule has 5 nitrogen and oxygen atoms in total. The highest BCUT2D eigenvalue weighted by Gasteiger charge is 2.41. The molecule has 0 saturated heterocycles. The van der Waals surface area contributed by atoms with Crippen molar-refractivity contribution in [1.82, 2.24) is 5.32 Å². The van der Waals surface area contributed by atoms with E-state index in [4.69, 9.17) is 9.47 Å². The van der Waals surface area contributed by atoms with E-state index >= 15 is 0 Å². The van der Waals surface area contributed by atoms with Crippen molar-refractivity contribution >= 4 is 25.6 Å². The molecule has 26 heavy (non-hydrogen) atoms. The van der Waals surface area contributed by atoms with E-state index in [0.29, 0.717) is 0 Å². The summed E-state index contributed by atoms with van der Waals surface area (Å²) in [6.07, 6.45) is -1.80. The molecular weight excluding hydrogens is 371 g/mol. The molecule has 1 aromatic carbocycles. The molecule has 0 aliphatic carbocycles. The number of alkyl halides is 1. The van der Waals surface area contributed by atoms with E-state index in [-0.39, 0.29) is 20.1 Å². The monoisotopic (exact) mass is 395 g/mol. The zero-order valence-electron chi connectivity index (χ0n) is 15.1. The fraction of sp³-hybridized carbons (Fsp3) is 0.529. The molecule has 1 aromatic rings. The number of esters is 1. The Bertz CT molecular complexity index is 637. The van der Waals surface area contributed by atoms with E-state index in [0.717, 1.165) is 18.2 Å². The third kappa shape index (κ3) is 6.44. The quantitative estimate of drug-likeness (QED) is 0.746. The number of ether oxygens (including phenoxy) is 2. The van der Waals surface area contributed by atoms with Gasteiger partial charge in [-0.05, 0) is 33.8 Å². The summed E-state index contributed by atoms with van der Waals surface area (Å²) in [4.78, 5) is 23.9. The van der Waals surface area contributed by atoms with Gasteiger partial charge in [-0.3, -0.25) is 4.79 Å². The van der Waals surface area contributed by atoms with Crippen LogP contribution >= 0.6 is 13.5 Å². The van der Waals surface area contributed by atoms with E-state index in [1.165, 1.54) is 0 Å². The van der Waals surface area contributed by atoms with Gasteiger partial charge in [0.15, 0.2) is 11.6 Å². The molecule has 148 valence electrons. The molecule has 0 fully saturated rings. The maximum absolute atomic E-state index is 14.2. The van der Waals surface area contributed by atoms with Gasteiger partial charge in [-0.25, -0.2) is 18.0 Å². The molecule has 0 unspecified atom stereocenters. The second kappa shape index (κ2) is 9.70. The lowest BCUT2D eigenvalue weighted by molar-refractivity contribution is -0.145. The minimum Gasteiger partial charge on any atom is -0.466 e. The zero-order valence-corrected chi connectivity index (χ0v) is 16.1. The van der Waals surface area contributed by atoms with Crippen molar-refractivity contribution in [3.63, 3.8) is 0 Å². The summed E-state index contributed by atoms with van der Waals surface area (Å²) in [5, 5.41) is 2.17. The van der Waals surface area contributed by atoms with Crippen molar-refractivity contribution in [2.45, 2.75) is 45.3 Å². The Hall–Kier alpha value is -1.90. The Morgan fingerprint density at radius 3 is 2.31 bits per heavy atom. The zero-order chi connectivity index (χ0) is 19.3. The lowest BCUT2D eigenvalue weighted by atomic mass is 9.87. The first-order valence-corrected chi connectivity index (χ1v) is 7.72. The van der Waals surface area contributed by atoms with E-state index in [1.807, 2.05) is 0 Å². The van der Waals surface area contributed by atoms with Gasteiger partial charge in [-0.2, -0.15) is 13.5 Å². The van der Waals surface area contributed by atoms with Gasteiger partial charge in [0, 0.05) is 5.56 Å². The fourth-order valence-electron chi connectivity index (χ4n) is 2.19. The number of halogens is 3. The Labute approximate surface area is 157 Å². The predicted octanol–water partition coefficient (Wildman–Crippen LogP) is 3.72. The summed E-state index contributed by atoms with van der Waals surface area (Å²) < 4.78 is 51.5. The average molecular weight is 395 g/mol. The van der Waals surface area contributed by atoms with Crippen LogP contribution in [-0.2, 0) is 19.8 Å². The first-order chi connectivity index (χ1) is 11.5. The topological polar surface area (TPSA) is 64.6 Å². The molecule has 1 atom stereocenters. The number of alkyl carbamates (subject to hydrolysis) is 1. The molecule has 0 saturated carbocycles. The number of hydrogen-bond acceptors (Lipinski definition) is 4. The summed E-state index contributed by atoms with van der Waals surface area (Å²) in [5.41, 5.74) is -3.56. The standard InChI is InChI=1S/C17H22F3NO4.H2S/c1-5-24-13(22)9-17(10-18,21-15(23)25-16(2,3)4)11-7-6-8-12(19)14(11)20;/h6-8H,5,9-10H2,1-4H3,(H,21,23);1H2/t17-;/m1./s1. The van der Waals surface area contributed by atoms with E-state index < -0.39 is 53.5 Å². The molecule has 1 amide bonds. The number of nitrogens with one attached hydrogen (secondary N) is 1. The molecule has 1 rings (SSSR count). The number of rotatable bonds is 6. The highest BCUT2D eigenvalue weighted by Crippen LogP contribution is 2.30. The van der Waals surface area contributed by atoms with Crippen LogP contribution in [0.4, 0.5) is 18.0 Å². The molecule has 1 N–H and O–H groups in total. The van der Waals surface area contributed by atoms with Crippen LogP contribution in [0.3, 0.4) is 0 Å². The van der Waals surface area contributed by atoms with Gasteiger partial charge in [0.1, 0.15) is 17.8 Å². The molecule has 0 spiro atoms. The van der Waals surface area contributed by atoms with Gasteiger partial charge in [0.2, 0.25) is 0 Å². The second-order valence-corrected chi connectivity index (χ2v) is 6.43. The summed E-state index contributed by atoms with van der Waals surface area (Å²) >= 11 is 0. The fourth-order valence-corrected chi connectivity index (χ4v) is 2.19. The van der Waals surface area contributed by atoms with Gasteiger partial charge in [0.25, 0.3) is 0 Å².